The Bertz CT molecular complexity index is 2500. The second-order valence-corrected chi connectivity index (χ2v) is 15.2. The average molecular weight is 1060 g/mol. The zero-order chi connectivity index (χ0) is 54.4. The fourth-order valence-electron chi connectivity index (χ4n) is 7.23. The lowest BCUT2D eigenvalue weighted by molar-refractivity contribution is -0.875. The van der Waals surface area contributed by atoms with E-state index in [1.165, 1.54) is 0 Å². The van der Waals surface area contributed by atoms with Crippen molar-refractivity contribution in [3.8, 4) is 11.8 Å². The fourth-order valence-corrected chi connectivity index (χ4v) is 7.23. The van der Waals surface area contributed by atoms with Gasteiger partial charge in [0, 0.05) is 16.9 Å². The van der Waals surface area contributed by atoms with Gasteiger partial charge >= 0.3 is 49.4 Å². The highest BCUT2D eigenvalue weighted by molar-refractivity contribution is 7.20. The summed E-state index contributed by atoms with van der Waals surface area (Å²) in [7, 11) is 0. The number of nitrogens with zero attached hydrogens (tertiary/aromatic N) is 2. The Balaban J connectivity index is 0.000000542. The number of aromatic nitrogens is 1. The number of benzene rings is 5. The fraction of sp³-hybridized carbons (Fsp3) is 0.182. The molecule has 6 rings (SSSR count). The third-order valence-electron chi connectivity index (χ3n) is 10.3. The van der Waals surface area contributed by atoms with Crippen LogP contribution in [-0.4, -0.2) is 6.15 Å². The van der Waals surface area contributed by atoms with Gasteiger partial charge in [0.05, 0.1) is 56.1 Å². The van der Waals surface area contributed by atoms with E-state index in [1.54, 1.807) is 41.4 Å². The van der Waals surface area contributed by atoms with Crippen molar-refractivity contribution >= 4 is 28.0 Å². The van der Waals surface area contributed by atoms with Crippen LogP contribution in [0.3, 0.4) is 0 Å². The molecule has 0 aliphatic rings. The smallest absolute Gasteiger partial charge is 0.232 e. The van der Waals surface area contributed by atoms with Crippen molar-refractivity contribution in [2.24, 2.45) is 0 Å². The first kappa shape index (κ1) is 55.8. The van der Waals surface area contributed by atoms with E-state index < -0.39 is 195 Å². The first-order valence-corrected chi connectivity index (χ1v) is 19.1. The molecule has 3 nitrogen and oxygen atoms in total. The van der Waals surface area contributed by atoms with E-state index >= 15 is 0 Å². The highest BCUT2D eigenvalue weighted by atomic mass is 19.4. The molecule has 384 valence electrons. The Hall–Kier alpha value is -7.08. The molecular weight excluding hydrogens is 1040 g/mol. The number of halogens is 24. The minimum absolute atomic E-state index is 0.625. The van der Waals surface area contributed by atoms with Gasteiger partial charge in [-0.2, -0.15) is 132 Å². The monoisotopic (exact) mass is 1060 g/mol. The Labute approximate surface area is 387 Å². The van der Waals surface area contributed by atoms with E-state index in [9.17, 15) is 105 Å². The predicted octanol–water partition coefficient (Wildman–Crippen LogP) is 12.9. The SMILES string of the molecule is FC(F)(F)c1cc([B-](c2cc(C(F)(F)F)cc(C(F)(F)F)c2)(c2cc(C(F)(F)F)cc(C(F)(F)F)c2)c2cc(C(F)(F)F)cc(C(F)(F)F)c2)cc(C(F)(F)F)c1.N#Cc1ccc(O[n+]2ccccc2)cc1. The molecule has 0 fully saturated rings. The van der Waals surface area contributed by atoms with Crippen LogP contribution in [0.5, 0.6) is 5.75 Å². The van der Waals surface area contributed by atoms with Crippen LogP contribution in [0, 0.1) is 11.3 Å². The summed E-state index contributed by atoms with van der Waals surface area (Å²) < 4.78 is 342. The molecule has 0 unspecified atom stereocenters. The molecule has 0 bridgehead atoms. The summed E-state index contributed by atoms with van der Waals surface area (Å²) in [5.41, 5.74) is -29.6. The minimum atomic E-state index is -6.13. The highest BCUT2D eigenvalue weighted by Gasteiger charge is 2.47. The molecule has 1 aromatic heterocycles. The molecule has 72 heavy (non-hydrogen) atoms. The zero-order valence-corrected chi connectivity index (χ0v) is 34.6. The molecule has 0 amide bonds. The highest BCUT2D eigenvalue weighted by Crippen LogP contribution is 2.41. The molecule has 0 saturated heterocycles. The number of hydrogen-bond donors (Lipinski definition) is 0. The van der Waals surface area contributed by atoms with Gasteiger partial charge in [0.15, 0.2) is 0 Å². The van der Waals surface area contributed by atoms with Gasteiger partial charge in [-0.15, -0.1) is 0 Å². The zero-order valence-electron chi connectivity index (χ0n) is 34.6. The van der Waals surface area contributed by atoms with Crippen molar-refractivity contribution in [1.29, 1.82) is 5.26 Å². The van der Waals surface area contributed by atoms with Crippen molar-refractivity contribution in [1.82, 2.24) is 0 Å². The lowest BCUT2D eigenvalue weighted by Crippen LogP contribution is -2.75. The number of hydrogen-bond acceptors (Lipinski definition) is 2. The lowest BCUT2D eigenvalue weighted by Gasteiger charge is -2.46. The molecule has 0 saturated carbocycles. The standard InChI is InChI=1S/C32H12BF24.C12H9N2O/c34-25(35,36)13-1-14(26(37,38)39)6-21(5-13)33(22-7-15(27(40,41)42)2-16(8-22)28(43,44)45,23-9-17(29(46,47)48)3-18(10-23)30(49,50)51)24-11-19(31(52,53)54)4-20(12-24)32(55,56)57;13-10-11-4-6-12(7-5-11)15-14-8-2-1-3-9-14/h1-12H;1-9H/q-1;+1. The lowest BCUT2D eigenvalue weighted by atomic mass is 9.12. The van der Waals surface area contributed by atoms with Gasteiger partial charge in [-0.3, -0.25) is 0 Å². The van der Waals surface area contributed by atoms with Gasteiger partial charge in [0.2, 0.25) is 18.1 Å². The van der Waals surface area contributed by atoms with Crippen LogP contribution in [0.15, 0.2) is 128 Å². The van der Waals surface area contributed by atoms with E-state index in [0.717, 1.165) is 0 Å². The third kappa shape index (κ3) is 12.9. The van der Waals surface area contributed by atoms with Crippen LogP contribution in [0.25, 0.3) is 0 Å². The summed E-state index contributed by atoms with van der Waals surface area (Å²) in [6.45, 7) is 0. The van der Waals surface area contributed by atoms with Gasteiger partial charge in [0.25, 0.3) is 0 Å². The van der Waals surface area contributed by atoms with Gasteiger partial charge in [0.1, 0.15) is 6.15 Å². The normalized spacial score (nSPS) is 13.3. The maximum atomic E-state index is 14.2. The number of alkyl halides is 24. The van der Waals surface area contributed by atoms with Crippen molar-refractivity contribution in [3.63, 3.8) is 0 Å². The van der Waals surface area contributed by atoms with Crippen LogP contribution < -0.4 is 31.4 Å². The average Bonchev–Trinajstić information content (AvgIpc) is 3.25. The maximum Gasteiger partial charge on any atom is 0.416 e. The summed E-state index contributed by atoms with van der Waals surface area (Å²) in [4.78, 5) is 5.49. The predicted molar refractivity (Wildman–Crippen MR) is 204 cm³/mol. The molecular formula is C44H21BF24N2O. The van der Waals surface area contributed by atoms with Gasteiger partial charge < -0.3 is 0 Å². The summed E-state index contributed by atoms with van der Waals surface area (Å²) in [6.07, 6.45) is -51.2. The molecule has 28 heteroatoms. The molecule has 0 N–H and O–H groups in total. The second kappa shape index (κ2) is 19.2. The van der Waals surface area contributed by atoms with E-state index in [-0.39, 0.29) is 0 Å². The van der Waals surface area contributed by atoms with Crippen LogP contribution in [-0.2, 0) is 49.4 Å². The molecule has 0 aliphatic heterocycles. The van der Waals surface area contributed by atoms with E-state index in [2.05, 4.69) is 6.07 Å². The first-order chi connectivity index (χ1) is 32.6. The largest absolute Gasteiger partial charge is 0.416 e. The number of nitriles is 1. The van der Waals surface area contributed by atoms with Crippen molar-refractivity contribution in [2.75, 3.05) is 0 Å². The second-order valence-electron chi connectivity index (χ2n) is 15.2. The van der Waals surface area contributed by atoms with Gasteiger partial charge in [-0.05, 0) is 48.5 Å². The third-order valence-corrected chi connectivity index (χ3v) is 10.3. The van der Waals surface area contributed by atoms with Crippen LogP contribution in [0.4, 0.5) is 105 Å². The molecule has 0 radical (unpaired) electrons. The van der Waals surface area contributed by atoms with Crippen molar-refractivity contribution < 1.29 is 115 Å². The Morgan fingerprint density at radius 3 is 0.750 bits per heavy atom. The molecule has 0 aliphatic carbocycles. The summed E-state index contributed by atoms with van der Waals surface area (Å²) >= 11 is 0. The Kier molecular flexibility index (Phi) is 14.9. The van der Waals surface area contributed by atoms with Crippen LogP contribution >= 0.6 is 0 Å². The number of rotatable bonds is 6. The molecule has 6 aromatic rings. The molecule has 0 spiro atoms. The molecule has 0 atom stereocenters. The summed E-state index contributed by atoms with van der Waals surface area (Å²) in [5.74, 6) is 0.699. The summed E-state index contributed by atoms with van der Waals surface area (Å²) in [5, 5.41) is 8.62. The summed E-state index contributed by atoms with van der Waals surface area (Å²) in [6, 6.07) is 5.88. The van der Waals surface area contributed by atoms with Gasteiger partial charge in [-0.25, -0.2) is 4.84 Å². The van der Waals surface area contributed by atoms with E-state index in [1.807, 2.05) is 18.2 Å². The molecule has 5 aromatic carbocycles. The van der Waals surface area contributed by atoms with Crippen molar-refractivity contribution in [3.05, 3.63) is 178 Å². The quantitative estimate of drug-likeness (QED) is 0.0947. The van der Waals surface area contributed by atoms with E-state index in [0.29, 0.717) is 11.3 Å². The Morgan fingerprint density at radius 2 is 0.556 bits per heavy atom. The van der Waals surface area contributed by atoms with E-state index in [4.69, 9.17) is 10.1 Å². The van der Waals surface area contributed by atoms with Crippen molar-refractivity contribution in [2.45, 2.75) is 49.4 Å². The van der Waals surface area contributed by atoms with Gasteiger partial charge in [-0.1, -0.05) is 54.6 Å². The Morgan fingerprint density at radius 1 is 0.333 bits per heavy atom. The van der Waals surface area contributed by atoms with Crippen LogP contribution in [0.2, 0.25) is 0 Å². The number of pyridine rings is 1. The first-order valence-electron chi connectivity index (χ1n) is 19.1. The van der Waals surface area contributed by atoms with Crippen LogP contribution in [0.1, 0.15) is 50.1 Å². The minimum Gasteiger partial charge on any atom is -0.232 e. The maximum absolute atomic E-state index is 14.2. The molecule has 1 heterocycles. The topological polar surface area (TPSA) is 36.9 Å².